The molecule has 2 rings (SSSR count). The lowest BCUT2D eigenvalue weighted by Gasteiger charge is -2.12. The maximum atomic E-state index is 5.72. The standard InChI is InChI=1S/C16H22N2O2S/c1-4-8-20-14-7-6-12(9-15(14)19-5-2)16-18-13(10-17-3)11-21-16/h6-7,9,11,17H,4-5,8,10H2,1-3H3. The monoisotopic (exact) mass is 306 g/mol. The summed E-state index contributed by atoms with van der Waals surface area (Å²) in [6.45, 7) is 6.17. The topological polar surface area (TPSA) is 43.4 Å². The SMILES string of the molecule is CCCOc1ccc(-c2nc(CNC)cs2)cc1OCC. The van der Waals surface area contributed by atoms with Crippen LogP contribution in [0.4, 0.5) is 0 Å². The summed E-state index contributed by atoms with van der Waals surface area (Å²) in [6.07, 6.45) is 0.979. The molecule has 0 aliphatic heterocycles. The second-order valence-electron chi connectivity index (χ2n) is 4.62. The van der Waals surface area contributed by atoms with Crippen molar-refractivity contribution in [2.75, 3.05) is 20.3 Å². The minimum Gasteiger partial charge on any atom is -0.490 e. The molecule has 0 radical (unpaired) electrons. The van der Waals surface area contributed by atoms with Crippen LogP contribution in [-0.4, -0.2) is 25.2 Å². The molecule has 4 nitrogen and oxygen atoms in total. The second kappa shape index (κ2) is 8.00. The maximum Gasteiger partial charge on any atom is 0.161 e. The quantitative estimate of drug-likeness (QED) is 0.807. The fourth-order valence-electron chi connectivity index (χ4n) is 1.94. The van der Waals surface area contributed by atoms with Crippen molar-refractivity contribution in [1.82, 2.24) is 10.3 Å². The van der Waals surface area contributed by atoms with E-state index in [1.165, 1.54) is 0 Å². The van der Waals surface area contributed by atoms with Gasteiger partial charge in [0.2, 0.25) is 0 Å². The second-order valence-corrected chi connectivity index (χ2v) is 5.48. The molecule has 0 spiro atoms. The molecule has 5 heteroatoms. The first-order valence-electron chi connectivity index (χ1n) is 7.27. The van der Waals surface area contributed by atoms with Crippen LogP contribution in [0.25, 0.3) is 10.6 Å². The fraction of sp³-hybridized carbons (Fsp3) is 0.438. The number of rotatable bonds is 8. The van der Waals surface area contributed by atoms with Crippen LogP contribution in [0.2, 0.25) is 0 Å². The van der Waals surface area contributed by atoms with Gasteiger partial charge in [-0.2, -0.15) is 0 Å². The Bertz CT molecular complexity index is 569. The summed E-state index contributed by atoms with van der Waals surface area (Å²) in [5, 5.41) is 6.19. The minimum absolute atomic E-state index is 0.620. The van der Waals surface area contributed by atoms with Gasteiger partial charge in [-0.15, -0.1) is 11.3 Å². The van der Waals surface area contributed by atoms with E-state index >= 15 is 0 Å². The Balaban J connectivity index is 2.24. The molecule has 1 N–H and O–H groups in total. The highest BCUT2D eigenvalue weighted by Crippen LogP contribution is 2.34. The smallest absolute Gasteiger partial charge is 0.161 e. The van der Waals surface area contributed by atoms with Gasteiger partial charge in [0.05, 0.1) is 18.9 Å². The highest BCUT2D eigenvalue weighted by atomic mass is 32.1. The van der Waals surface area contributed by atoms with Crippen molar-refractivity contribution < 1.29 is 9.47 Å². The molecule has 1 aromatic carbocycles. The molecule has 21 heavy (non-hydrogen) atoms. The number of ether oxygens (including phenoxy) is 2. The predicted octanol–water partition coefficient (Wildman–Crippen LogP) is 3.72. The predicted molar refractivity (Wildman–Crippen MR) is 87.3 cm³/mol. The van der Waals surface area contributed by atoms with E-state index in [1.807, 2.05) is 32.2 Å². The Morgan fingerprint density at radius 2 is 2.05 bits per heavy atom. The first-order valence-corrected chi connectivity index (χ1v) is 8.15. The Labute approximate surface area is 130 Å². The van der Waals surface area contributed by atoms with E-state index in [0.29, 0.717) is 13.2 Å². The van der Waals surface area contributed by atoms with Crippen molar-refractivity contribution >= 4 is 11.3 Å². The maximum absolute atomic E-state index is 5.72. The lowest BCUT2D eigenvalue weighted by Crippen LogP contribution is -2.04. The summed E-state index contributed by atoms with van der Waals surface area (Å²) < 4.78 is 11.4. The van der Waals surface area contributed by atoms with Crippen LogP contribution >= 0.6 is 11.3 Å². The molecule has 114 valence electrons. The third kappa shape index (κ3) is 4.19. The van der Waals surface area contributed by atoms with Crippen LogP contribution in [0.3, 0.4) is 0 Å². The van der Waals surface area contributed by atoms with Gasteiger partial charge in [0.1, 0.15) is 5.01 Å². The van der Waals surface area contributed by atoms with Gasteiger partial charge >= 0.3 is 0 Å². The number of nitrogens with zero attached hydrogens (tertiary/aromatic N) is 1. The van der Waals surface area contributed by atoms with Crippen molar-refractivity contribution in [3.05, 3.63) is 29.3 Å². The molecule has 0 unspecified atom stereocenters. The Morgan fingerprint density at radius 1 is 1.19 bits per heavy atom. The Kier molecular flexibility index (Phi) is 6.02. The molecule has 0 aliphatic rings. The molecule has 0 atom stereocenters. The van der Waals surface area contributed by atoms with E-state index in [1.54, 1.807) is 11.3 Å². The van der Waals surface area contributed by atoms with Crippen molar-refractivity contribution in [1.29, 1.82) is 0 Å². The number of thiazole rings is 1. The van der Waals surface area contributed by atoms with Gasteiger partial charge in [-0.1, -0.05) is 6.92 Å². The molecule has 0 fully saturated rings. The van der Waals surface area contributed by atoms with E-state index in [9.17, 15) is 0 Å². The number of aromatic nitrogens is 1. The van der Waals surface area contributed by atoms with Crippen LogP contribution in [0.15, 0.2) is 23.6 Å². The van der Waals surface area contributed by atoms with Crippen LogP contribution in [-0.2, 0) is 6.54 Å². The van der Waals surface area contributed by atoms with E-state index < -0.39 is 0 Å². The first-order chi connectivity index (χ1) is 10.3. The highest BCUT2D eigenvalue weighted by Gasteiger charge is 2.10. The Morgan fingerprint density at radius 3 is 2.76 bits per heavy atom. The third-order valence-electron chi connectivity index (χ3n) is 2.86. The molecule has 2 aromatic rings. The zero-order chi connectivity index (χ0) is 15.1. The van der Waals surface area contributed by atoms with Gasteiger partial charge in [0.15, 0.2) is 11.5 Å². The molecular weight excluding hydrogens is 284 g/mol. The number of nitrogens with one attached hydrogen (secondary N) is 1. The molecule has 1 aromatic heterocycles. The summed E-state index contributed by atoms with van der Waals surface area (Å²) in [5.41, 5.74) is 2.12. The molecule has 0 saturated heterocycles. The molecular formula is C16H22N2O2S. The van der Waals surface area contributed by atoms with Gasteiger partial charge in [0, 0.05) is 17.5 Å². The lowest BCUT2D eigenvalue weighted by atomic mass is 10.2. The van der Waals surface area contributed by atoms with E-state index in [0.717, 1.165) is 40.7 Å². The van der Waals surface area contributed by atoms with Gasteiger partial charge in [-0.05, 0) is 38.6 Å². The van der Waals surface area contributed by atoms with Crippen molar-refractivity contribution in [2.24, 2.45) is 0 Å². The summed E-state index contributed by atoms with van der Waals surface area (Å²) >= 11 is 1.65. The van der Waals surface area contributed by atoms with Crippen LogP contribution in [0.5, 0.6) is 11.5 Å². The molecule has 0 saturated carbocycles. The first kappa shape index (κ1) is 15.8. The third-order valence-corrected chi connectivity index (χ3v) is 3.80. The van der Waals surface area contributed by atoms with Crippen molar-refractivity contribution in [2.45, 2.75) is 26.8 Å². The molecule has 1 heterocycles. The van der Waals surface area contributed by atoms with E-state index in [2.05, 4.69) is 22.6 Å². The largest absolute Gasteiger partial charge is 0.490 e. The number of benzene rings is 1. The zero-order valence-electron chi connectivity index (χ0n) is 12.8. The number of hydrogen-bond acceptors (Lipinski definition) is 5. The zero-order valence-corrected chi connectivity index (χ0v) is 13.6. The molecule has 0 bridgehead atoms. The fourth-order valence-corrected chi connectivity index (χ4v) is 2.76. The summed E-state index contributed by atoms with van der Waals surface area (Å²) in [4.78, 5) is 4.62. The van der Waals surface area contributed by atoms with Crippen molar-refractivity contribution in [3.8, 4) is 22.1 Å². The van der Waals surface area contributed by atoms with Crippen molar-refractivity contribution in [3.63, 3.8) is 0 Å². The van der Waals surface area contributed by atoms with Crippen LogP contribution in [0.1, 0.15) is 26.0 Å². The van der Waals surface area contributed by atoms with Gasteiger partial charge < -0.3 is 14.8 Å². The lowest BCUT2D eigenvalue weighted by molar-refractivity contribution is 0.277. The number of hydrogen-bond donors (Lipinski definition) is 1. The van der Waals surface area contributed by atoms with Gasteiger partial charge in [-0.25, -0.2) is 4.98 Å². The molecule has 0 aliphatic carbocycles. The van der Waals surface area contributed by atoms with E-state index in [4.69, 9.17) is 9.47 Å². The molecule has 0 amide bonds. The van der Waals surface area contributed by atoms with Gasteiger partial charge in [0.25, 0.3) is 0 Å². The summed E-state index contributed by atoms with van der Waals surface area (Å²) in [6, 6.07) is 6.01. The average molecular weight is 306 g/mol. The van der Waals surface area contributed by atoms with Crippen LogP contribution in [0, 0.1) is 0 Å². The average Bonchev–Trinajstić information content (AvgIpc) is 2.95. The highest BCUT2D eigenvalue weighted by molar-refractivity contribution is 7.13. The minimum atomic E-state index is 0.620. The summed E-state index contributed by atoms with van der Waals surface area (Å²) in [7, 11) is 1.92. The summed E-state index contributed by atoms with van der Waals surface area (Å²) in [5.74, 6) is 1.59. The normalized spacial score (nSPS) is 10.6. The van der Waals surface area contributed by atoms with Crippen LogP contribution < -0.4 is 14.8 Å². The Hall–Kier alpha value is -1.59. The van der Waals surface area contributed by atoms with Gasteiger partial charge in [-0.3, -0.25) is 0 Å². The van der Waals surface area contributed by atoms with E-state index in [-0.39, 0.29) is 0 Å².